The van der Waals surface area contributed by atoms with E-state index in [1.165, 1.54) is 5.01 Å². The average molecular weight is 488 g/mol. The summed E-state index contributed by atoms with van der Waals surface area (Å²) in [6.07, 6.45) is 1.67. The maximum absolute atomic E-state index is 13.4. The fourth-order valence-electron chi connectivity index (χ4n) is 3.26. The van der Waals surface area contributed by atoms with Crippen LogP contribution in [0.15, 0.2) is 71.3 Å². The SMILES string of the molecule is CCOc1cc(/C=C2\C(=O)N(c3ccc(Cl)c(Cl)c3)N=C2c2ccccc2)cc(Cl)c1O. The largest absolute Gasteiger partial charge is 0.503 e. The first kappa shape index (κ1) is 22.2. The predicted octanol–water partition coefficient (Wildman–Crippen LogP) is 6.59. The number of rotatable bonds is 5. The van der Waals surface area contributed by atoms with Crippen LogP contribution in [-0.4, -0.2) is 23.3 Å². The number of hydrazone groups is 1. The Balaban J connectivity index is 1.84. The average Bonchev–Trinajstić information content (AvgIpc) is 3.10. The molecule has 0 spiro atoms. The van der Waals surface area contributed by atoms with Crippen LogP contribution < -0.4 is 9.75 Å². The highest BCUT2D eigenvalue weighted by Gasteiger charge is 2.32. The van der Waals surface area contributed by atoms with Gasteiger partial charge in [-0.3, -0.25) is 4.79 Å². The Morgan fingerprint density at radius 2 is 1.75 bits per heavy atom. The summed E-state index contributed by atoms with van der Waals surface area (Å²) in [5, 5.41) is 16.8. The first-order chi connectivity index (χ1) is 15.4. The van der Waals surface area contributed by atoms with Crippen LogP contribution in [0.25, 0.3) is 6.08 Å². The van der Waals surface area contributed by atoms with E-state index in [2.05, 4.69) is 5.10 Å². The van der Waals surface area contributed by atoms with Gasteiger partial charge in [0.2, 0.25) is 0 Å². The minimum Gasteiger partial charge on any atom is -0.503 e. The molecule has 162 valence electrons. The number of phenolic OH excluding ortho intramolecular Hbond substituents is 1. The zero-order valence-electron chi connectivity index (χ0n) is 16.8. The van der Waals surface area contributed by atoms with Crippen molar-refractivity contribution in [3.63, 3.8) is 0 Å². The van der Waals surface area contributed by atoms with Gasteiger partial charge in [-0.05, 0) is 48.9 Å². The molecule has 1 aliphatic heterocycles. The molecule has 0 bridgehead atoms. The molecule has 0 aliphatic carbocycles. The van der Waals surface area contributed by atoms with Gasteiger partial charge >= 0.3 is 0 Å². The van der Waals surface area contributed by atoms with Crippen molar-refractivity contribution in [2.24, 2.45) is 5.10 Å². The van der Waals surface area contributed by atoms with E-state index in [1.807, 2.05) is 30.3 Å². The van der Waals surface area contributed by atoms with Crippen LogP contribution in [0.2, 0.25) is 15.1 Å². The number of benzene rings is 3. The summed E-state index contributed by atoms with van der Waals surface area (Å²) in [4.78, 5) is 13.4. The summed E-state index contributed by atoms with van der Waals surface area (Å²) in [5.41, 5.74) is 2.68. The second kappa shape index (κ2) is 9.25. The molecule has 5 nitrogen and oxygen atoms in total. The minimum absolute atomic E-state index is 0.118. The van der Waals surface area contributed by atoms with E-state index in [0.717, 1.165) is 5.56 Å². The summed E-state index contributed by atoms with van der Waals surface area (Å²) in [5.74, 6) is -0.260. The number of anilines is 1. The number of carbonyl (C=O) groups is 1. The van der Waals surface area contributed by atoms with Crippen LogP contribution in [0.3, 0.4) is 0 Å². The molecule has 0 unspecified atom stereocenters. The van der Waals surface area contributed by atoms with Crippen molar-refractivity contribution >= 4 is 58.2 Å². The smallest absolute Gasteiger partial charge is 0.281 e. The van der Waals surface area contributed by atoms with E-state index in [4.69, 9.17) is 39.5 Å². The van der Waals surface area contributed by atoms with Gasteiger partial charge in [0.1, 0.15) is 5.71 Å². The number of halogens is 3. The summed E-state index contributed by atoms with van der Waals surface area (Å²) >= 11 is 18.4. The third-order valence-corrected chi connectivity index (χ3v) is 5.76. The predicted molar refractivity (Wildman–Crippen MR) is 129 cm³/mol. The van der Waals surface area contributed by atoms with Gasteiger partial charge in [-0.1, -0.05) is 65.1 Å². The van der Waals surface area contributed by atoms with Crippen molar-refractivity contribution in [2.75, 3.05) is 11.6 Å². The molecule has 0 aromatic heterocycles. The van der Waals surface area contributed by atoms with E-state index in [0.29, 0.717) is 39.2 Å². The topological polar surface area (TPSA) is 62.1 Å². The van der Waals surface area contributed by atoms with Crippen LogP contribution in [0.4, 0.5) is 5.69 Å². The number of carbonyl (C=O) groups excluding carboxylic acids is 1. The van der Waals surface area contributed by atoms with Crippen molar-refractivity contribution in [2.45, 2.75) is 6.92 Å². The first-order valence-corrected chi connectivity index (χ1v) is 10.8. The van der Waals surface area contributed by atoms with Crippen LogP contribution in [0.1, 0.15) is 18.1 Å². The number of hydrogen-bond donors (Lipinski definition) is 1. The molecular formula is C24H17Cl3N2O3. The van der Waals surface area contributed by atoms with E-state index in [-0.39, 0.29) is 22.4 Å². The van der Waals surface area contributed by atoms with Gasteiger partial charge < -0.3 is 9.84 Å². The van der Waals surface area contributed by atoms with Crippen molar-refractivity contribution in [1.29, 1.82) is 0 Å². The lowest BCUT2D eigenvalue weighted by molar-refractivity contribution is -0.114. The Bertz CT molecular complexity index is 1260. The van der Waals surface area contributed by atoms with Crippen molar-refractivity contribution in [1.82, 2.24) is 0 Å². The van der Waals surface area contributed by atoms with E-state index in [1.54, 1.807) is 43.3 Å². The summed E-state index contributed by atoms with van der Waals surface area (Å²) < 4.78 is 5.46. The maximum Gasteiger partial charge on any atom is 0.281 e. The number of aromatic hydroxyl groups is 1. The summed E-state index contributed by atoms with van der Waals surface area (Å²) in [6.45, 7) is 2.15. The molecule has 3 aromatic rings. The molecule has 1 aliphatic rings. The Morgan fingerprint density at radius 1 is 1.00 bits per heavy atom. The molecular weight excluding hydrogens is 471 g/mol. The molecule has 0 atom stereocenters. The first-order valence-electron chi connectivity index (χ1n) is 9.70. The zero-order chi connectivity index (χ0) is 22.8. The van der Waals surface area contributed by atoms with Gasteiger partial charge in [0, 0.05) is 5.56 Å². The number of nitrogens with zero attached hydrogens (tertiary/aromatic N) is 2. The molecule has 32 heavy (non-hydrogen) atoms. The molecule has 4 rings (SSSR count). The molecule has 1 heterocycles. The molecule has 0 fully saturated rings. The highest BCUT2D eigenvalue weighted by molar-refractivity contribution is 6.42. The lowest BCUT2D eigenvalue weighted by Crippen LogP contribution is -2.21. The normalized spacial score (nSPS) is 14.8. The highest BCUT2D eigenvalue weighted by atomic mass is 35.5. The monoisotopic (exact) mass is 486 g/mol. The van der Waals surface area contributed by atoms with Crippen molar-refractivity contribution in [3.05, 3.63) is 92.4 Å². The van der Waals surface area contributed by atoms with Gasteiger partial charge in [0.15, 0.2) is 11.5 Å². The Labute approximate surface area is 200 Å². The van der Waals surface area contributed by atoms with Gasteiger partial charge in [-0.15, -0.1) is 0 Å². The maximum atomic E-state index is 13.4. The summed E-state index contributed by atoms with van der Waals surface area (Å²) in [6, 6.07) is 17.4. The van der Waals surface area contributed by atoms with Crippen LogP contribution in [-0.2, 0) is 4.79 Å². The number of phenols is 1. The fourth-order valence-corrected chi connectivity index (χ4v) is 3.77. The number of amides is 1. The quantitative estimate of drug-likeness (QED) is 0.413. The molecule has 0 radical (unpaired) electrons. The van der Waals surface area contributed by atoms with Crippen LogP contribution in [0, 0.1) is 0 Å². The van der Waals surface area contributed by atoms with Gasteiger partial charge in [0.05, 0.1) is 32.9 Å². The van der Waals surface area contributed by atoms with E-state index < -0.39 is 0 Å². The molecule has 8 heteroatoms. The second-order valence-electron chi connectivity index (χ2n) is 6.87. The van der Waals surface area contributed by atoms with Gasteiger partial charge in [-0.2, -0.15) is 10.1 Å². The highest BCUT2D eigenvalue weighted by Crippen LogP contribution is 2.37. The van der Waals surface area contributed by atoms with Crippen molar-refractivity contribution < 1.29 is 14.6 Å². The van der Waals surface area contributed by atoms with Crippen LogP contribution in [0.5, 0.6) is 11.5 Å². The lowest BCUT2D eigenvalue weighted by Gasteiger charge is -2.12. The van der Waals surface area contributed by atoms with Crippen molar-refractivity contribution in [3.8, 4) is 11.5 Å². The van der Waals surface area contributed by atoms with Crippen LogP contribution >= 0.6 is 34.8 Å². The third-order valence-electron chi connectivity index (χ3n) is 4.73. The summed E-state index contributed by atoms with van der Waals surface area (Å²) in [7, 11) is 0. The van der Waals surface area contributed by atoms with E-state index >= 15 is 0 Å². The number of hydrogen-bond acceptors (Lipinski definition) is 4. The molecule has 1 N–H and O–H groups in total. The minimum atomic E-state index is -0.343. The zero-order valence-corrected chi connectivity index (χ0v) is 19.1. The molecule has 0 saturated heterocycles. The standard InChI is InChI=1S/C24H17Cl3N2O3/c1-2-32-21-12-14(11-20(27)23(21)30)10-17-22(15-6-4-3-5-7-15)28-29(24(17)31)16-8-9-18(25)19(26)13-16/h3-13,30H,2H2,1H3/b17-10-. The Kier molecular flexibility index (Phi) is 6.42. The van der Waals surface area contributed by atoms with E-state index in [9.17, 15) is 9.90 Å². The van der Waals surface area contributed by atoms with Gasteiger partial charge in [-0.25, -0.2) is 0 Å². The third kappa shape index (κ3) is 4.32. The molecule has 3 aromatic carbocycles. The van der Waals surface area contributed by atoms with Gasteiger partial charge in [0.25, 0.3) is 5.91 Å². The Morgan fingerprint density at radius 3 is 2.44 bits per heavy atom. The lowest BCUT2D eigenvalue weighted by atomic mass is 10.00. The number of ether oxygens (including phenoxy) is 1. The molecule has 0 saturated carbocycles. The Hall–Kier alpha value is -2.99. The second-order valence-corrected chi connectivity index (χ2v) is 8.09. The molecule has 1 amide bonds. The fraction of sp³-hybridized carbons (Fsp3) is 0.0833.